The molecule has 0 saturated heterocycles. The maximum Gasteiger partial charge on any atom is 0.225 e. The molecule has 0 aliphatic heterocycles. The maximum atomic E-state index is 12.7. The molecule has 3 rings (SSSR count). The van der Waals surface area contributed by atoms with Gasteiger partial charge in [-0.1, -0.05) is 67.6 Å². The van der Waals surface area contributed by atoms with Crippen LogP contribution in [-0.2, 0) is 11.2 Å². The van der Waals surface area contributed by atoms with Gasteiger partial charge in [-0.15, -0.1) is 0 Å². The van der Waals surface area contributed by atoms with Crippen LogP contribution in [-0.4, -0.2) is 23.9 Å². The molecule has 26 heavy (non-hydrogen) atoms. The molecule has 0 aromatic heterocycles. The van der Waals surface area contributed by atoms with Gasteiger partial charge in [0.15, 0.2) is 0 Å². The second-order valence-electron chi connectivity index (χ2n) is 6.84. The smallest absolute Gasteiger partial charge is 0.225 e. The van der Waals surface area contributed by atoms with Gasteiger partial charge in [0, 0.05) is 19.0 Å². The first-order valence-electron chi connectivity index (χ1n) is 9.49. The predicted octanol–water partition coefficient (Wildman–Crippen LogP) is 5.55. The zero-order valence-corrected chi connectivity index (χ0v) is 15.9. The van der Waals surface area contributed by atoms with E-state index in [1.165, 1.54) is 27.5 Å². The first kappa shape index (κ1) is 18.2. The van der Waals surface area contributed by atoms with E-state index >= 15 is 0 Å². The molecule has 0 aliphatic carbocycles. The molecule has 134 valence electrons. The molecular formula is C24H27NO. The molecule has 0 spiro atoms. The summed E-state index contributed by atoms with van der Waals surface area (Å²) >= 11 is 0. The van der Waals surface area contributed by atoms with E-state index in [1.807, 2.05) is 31.7 Å². The predicted molar refractivity (Wildman–Crippen MR) is 110 cm³/mol. The monoisotopic (exact) mass is 345 g/mol. The second-order valence-corrected chi connectivity index (χ2v) is 6.84. The van der Waals surface area contributed by atoms with Crippen LogP contribution in [0.15, 0.2) is 66.7 Å². The average molecular weight is 345 g/mol. The standard InChI is InChI=1S/C24H27NO/c1-4-25(5-2)24(26)18(3)15-22-17-21(19-11-7-6-8-12-19)16-20-13-9-10-14-23(20)22/h6-14,16-18H,4-5,15H2,1-3H3. The van der Waals surface area contributed by atoms with Gasteiger partial charge >= 0.3 is 0 Å². The molecule has 2 heteroatoms. The Hall–Kier alpha value is -2.61. The number of hydrogen-bond acceptors (Lipinski definition) is 1. The highest BCUT2D eigenvalue weighted by Gasteiger charge is 2.19. The van der Waals surface area contributed by atoms with Gasteiger partial charge in [0.05, 0.1) is 0 Å². The van der Waals surface area contributed by atoms with Crippen LogP contribution in [0.3, 0.4) is 0 Å². The fourth-order valence-electron chi connectivity index (χ4n) is 3.62. The Morgan fingerprint density at radius 2 is 1.54 bits per heavy atom. The minimum atomic E-state index is -0.0238. The van der Waals surface area contributed by atoms with Crippen molar-refractivity contribution in [1.29, 1.82) is 0 Å². The molecular weight excluding hydrogens is 318 g/mol. The Morgan fingerprint density at radius 1 is 0.885 bits per heavy atom. The van der Waals surface area contributed by atoms with Crippen molar-refractivity contribution in [3.05, 3.63) is 72.3 Å². The summed E-state index contributed by atoms with van der Waals surface area (Å²) in [5.41, 5.74) is 3.67. The van der Waals surface area contributed by atoms with Gasteiger partial charge in [-0.3, -0.25) is 4.79 Å². The van der Waals surface area contributed by atoms with Gasteiger partial charge < -0.3 is 4.90 Å². The molecule has 0 saturated carbocycles. The lowest BCUT2D eigenvalue weighted by molar-refractivity contribution is -0.134. The number of rotatable bonds is 6. The maximum absolute atomic E-state index is 12.7. The normalized spacial score (nSPS) is 12.1. The molecule has 0 N–H and O–H groups in total. The van der Waals surface area contributed by atoms with Crippen molar-refractivity contribution < 1.29 is 4.79 Å². The van der Waals surface area contributed by atoms with E-state index in [4.69, 9.17) is 0 Å². The van der Waals surface area contributed by atoms with E-state index in [1.54, 1.807) is 0 Å². The van der Waals surface area contributed by atoms with E-state index in [9.17, 15) is 4.79 Å². The number of benzene rings is 3. The molecule has 1 amide bonds. The highest BCUT2D eigenvalue weighted by atomic mass is 16.2. The summed E-state index contributed by atoms with van der Waals surface area (Å²) in [4.78, 5) is 14.7. The minimum Gasteiger partial charge on any atom is -0.343 e. The lowest BCUT2D eigenvalue weighted by atomic mass is 9.91. The van der Waals surface area contributed by atoms with Gasteiger partial charge in [-0.05, 0) is 53.8 Å². The Balaban J connectivity index is 2.00. The lowest BCUT2D eigenvalue weighted by Gasteiger charge is -2.23. The van der Waals surface area contributed by atoms with Gasteiger partial charge in [-0.25, -0.2) is 0 Å². The van der Waals surface area contributed by atoms with Crippen LogP contribution < -0.4 is 0 Å². The number of hydrogen-bond donors (Lipinski definition) is 0. The van der Waals surface area contributed by atoms with Crippen LogP contribution >= 0.6 is 0 Å². The van der Waals surface area contributed by atoms with Crippen molar-refractivity contribution in [2.75, 3.05) is 13.1 Å². The summed E-state index contributed by atoms with van der Waals surface area (Å²) in [5.74, 6) is 0.216. The third kappa shape index (κ3) is 3.80. The summed E-state index contributed by atoms with van der Waals surface area (Å²) in [6.45, 7) is 7.67. The summed E-state index contributed by atoms with van der Waals surface area (Å²) in [6.07, 6.45) is 0.760. The van der Waals surface area contributed by atoms with Crippen LogP contribution in [0.25, 0.3) is 21.9 Å². The number of amides is 1. The largest absolute Gasteiger partial charge is 0.343 e. The van der Waals surface area contributed by atoms with Crippen LogP contribution in [0, 0.1) is 5.92 Å². The van der Waals surface area contributed by atoms with E-state index in [0.717, 1.165) is 19.5 Å². The fourth-order valence-corrected chi connectivity index (χ4v) is 3.62. The Labute approximate surface area is 156 Å². The number of fused-ring (bicyclic) bond motifs is 1. The first-order valence-corrected chi connectivity index (χ1v) is 9.49. The highest BCUT2D eigenvalue weighted by Crippen LogP contribution is 2.29. The van der Waals surface area contributed by atoms with Crippen molar-refractivity contribution in [3.63, 3.8) is 0 Å². The summed E-state index contributed by atoms with van der Waals surface area (Å²) < 4.78 is 0. The molecule has 0 heterocycles. The zero-order valence-electron chi connectivity index (χ0n) is 15.9. The van der Waals surface area contributed by atoms with Crippen molar-refractivity contribution in [3.8, 4) is 11.1 Å². The van der Waals surface area contributed by atoms with E-state index in [0.29, 0.717) is 0 Å². The Morgan fingerprint density at radius 3 is 2.23 bits per heavy atom. The van der Waals surface area contributed by atoms with Crippen LogP contribution in [0.4, 0.5) is 0 Å². The molecule has 0 radical (unpaired) electrons. The van der Waals surface area contributed by atoms with Crippen molar-refractivity contribution in [2.45, 2.75) is 27.2 Å². The minimum absolute atomic E-state index is 0.0238. The topological polar surface area (TPSA) is 20.3 Å². The van der Waals surface area contributed by atoms with E-state index < -0.39 is 0 Å². The van der Waals surface area contributed by atoms with Crippen molar-refractivity contribution >= 4 is 16.7 Å². The zero-order chi connectivity index (χ0) is 18.5. The quantitative estimate of drug-likeness (QED) is 0.573. The van der Waals surface area contributed by atoms with Gasteiger partial charge in [0.1, 0.15) is 0 Å². The summed E-state index contributed by atoms with van der Waals surface area (Å²) in [7, 11) is 0. The Kier molecular flexibility index (Phi) is 5.72. The van der Waals surface area contributed by atoms with Gasteiger partial charge in [0.2, 0.25) is 5.91 Å². The van der Waals surface area contributed by atoms with Crippen LogP contribution in [0.1, 0.15) is 26.3 Å². The summed E-state index contributed by atoms with van der Waals surface area (Å²) in [5, 5.41) is 2.47. The fraction of sp³-hybridized carbons (Fsp3) is 0.292. The van der Waals surface area contributed by atoms with E-state index in [-0.39, 0.29) is 11.8 Å². The molecule has 3 aromatic rings. The van der Waals surface area contributed by atoms with E-state index in [2.05, 4.69) is 60.7 Å². The molecule has 2 nitrogen and oxygen atoms in total. The highest BCUT2D eigenvalue weighted by molar-refractivity contribution is 5.91. The first-order chi connectivity index (χ1) is 12.6. The lowest BCUT2D eigenvalue weighted by Crippen LogP contribution is -2.35. The van der Waals surface area contributed by atoms with Crippen molar-refractivity contribution in [2.24, 2.45) is 5.92 Å². The number of carbonyl (C=O) groups is 1. The molecule has 0 bridgehead atoms. The molecule has 0 aliphatic rings. The molecule has 3 aromatic carbocycles. The average Bonchev–Trinajstić information content (AvgIpc) is 2.69. The number of carbonyl (C=O) groups excluding carboxylic acids is 1. The summed E-state index contributed by atoms with van der Waals surface area (Å²) in [6, 6.07) is 23.4. The van der Waals surface area contributed by atoms with Crippen molar-refractivity contribution in [1.82, 2.24) is 4.90 Å². The Bertz CT molecular complexity index is 881. The van der Waals surface area contributed by atoms with Gasteiger partial charge in [-0.2, -0.15) is 0 Å². The van der Waals surface area contributed by atoms with Crippen LogP contribution in [0.5, 0.6) is 0 Å². The third-order valence-electron chi connectivity index (χ3n) is 5.08. The second kappa shape index (κ2) is 8.18. The molecule has 0 fully saturated rings. The van der Waals surface area contributed by atoms with Crippen LogP contribution in [0.2, 0.25) is 0 Å². The van der Waals surface area contributed by atoms with Gasteiger partial charge in [0.25, 0.3) is 0 Å². The SMILES string of the molecule is CCN(CC)C(=O)C(C)Cc1cc(-c2ccccc2)cc2ccccc12. The molecule has 1 atom stereocenters. The number of nitrogens with zero attached hydrogens (tertiary/aromatic N) is 1. The molecule has 1 unspecified atom stereocenters. The third-order valence-corrected chi connectivity index (χ3v) is 5.08.